The van der Waals surface area contributed by atoms with Gasteiger partial charge in [-0.05, 0) is 12.8 Å². The second-order valence-electron chi connectivity index (χ2n) is 5.27. The van der Waals surface area contributed by atoms with Gasteiger partial charge in [0.2, 0.25) is 5.82 Å². The molecule has 1 aromatic rings. The van der Waals surface area contributed by atoms with E-state index in [1.807, 2.05) is 4.98 Å². The van der Waals surface area contributed by atoms with Crippen molar-refractivity contribution in [3.63, 3.8) is 0 Å². The molecule has 1 atom stereocenters. The molecule has 1 fully saturated rings. The average Bonchev–Trinajstić information content (AvgIpc) is 2.99. The molecule has 1 aliphatic carbocycles. The molecule has 1 aliphatic rings. The van der Waals surface area contributed by atoms with E-state index in [1.165, 1.54) is 0 Å². The number of ether oxygens (including phenoxy) is 2. The van der Waals surface area contributed by atoms with Crippen molar-refractivity contribution in [2.75, 3.05) is 19.8 Å². The van der Waals surface area contributed by atoms with Crippen LogP contribution in [0.2, 0.25) is 0 Å². The van der Waals surface area contributed by atoms with Gasteiger partial charge in [0, 0.05) is 6.42 Å². The Morgan fingerprint density at radius 2 is 2.09 bits per heavy atom. The summed E-state index contributed by atoms with van der Waals surface area (Å²) in [4.78, 5) is 24.9. The first-order valence-electron chi connectivity index (χ1n) is 7.47. The Labute approximate surface area is 126 Å². The SMILES string of the molecule is O=c1[nH]c(=O)n(C(CCOCCO)OC2CCCC2)cc1F. The highest BCUT2D eigenvalue weighted by Gasteiger charge is 2.23. The van der Waals surface area contributed by atoms with Crippen LogP contribution in [-0.2, 0) is 9.47 Å². The van der Waals surface area contributed by atoms with Gasteiger partial charge in [-0.3, -0.25) is 14.3 Å². The van der Waals surface area contributed by atoms with Gasteiger partial charge in [-0.1, -0.05) is 12.8 Å². The highest BCUT2D eigenvalue weighted by atomic mass is 19.1. The predicted molar refractivity (Wildman–Crippen MR) is 76.2 cm³/mol. The maximum Gasteiger partial charge on any atom is 0.330 e. The molecular formula is C14H21FN2O5. The Morgan fingerprint density at radius 1 is 1.36 bits per heavy atom. The van der Waals surface area contributed by atoms with Gasteiger partial charge in [0.15, 0.2) is 0 Å². The van der Waals surface area contributed by atoms with E-state index in [9.17, 15) is 14.0 Å². The van der Waals surface area contributed by atoms with Crippen LogP contribution in [0.3, 0.4) is 0 Å². The monoisotopic (exact) mass is 316 g/mol. The molecule has 0 aliphatic heterocycles. The lowest BCUT2D eigenvalue weighted by Gasteiger charge is -2.23. The highest BCUT2D eigenvalue weighted by molar-refractivity contribution is 4.88. The van der Waals surface area contributed by atoms with Crippen LogP contribution in [0.4, 0.5) is 4.39 Å². The Kier molecular flexibility index (Phi) is 6.29. The van der Waals surface area contributed by atoms with Crippen molar-refractivity contribution in [2.24, 2.45) is 0 Å². The van der Waals surface area contributed by atoms with Gasteiger partial charge in [0.05, 0.1) is 32.1 Å². The first-order valence-corrected chi connectivity index (χ1v) is 7.47. The van der Waals surface area contributed by atoms with Gasteiger partial charge in [0.25, 0.3) is 5.56 Å². The third-order valence-electron chi connectivity index (χ3n) is 3.63. The molecular weight excluding hydrogens is 295 g/mol. The lowest BCUT2D eigenvalue weighted by molar-refractivity contribution is -0.0704. The fourth-order valence-corrected chi connectivity index (χ4v) is 2.54. The first kappa shape index (κ1) is 16.9. The first-order chi connectivity index (χ1) is 10.6. The van der Waals surface area contributed by atoms with Crippen molar-refractivity contribution >= 4 is 0 Å². The number of hydrogen-bond donors (Lipinski definition) is 2. The van der Waals surface area contributed by atoms with Crippen LogP contribution in [0, 0.1) is 5.82 Å². The normalized spacial score (nSPS) is 17.0. The van der Waals surface area contributed by atoms with Crippen LogP contribution < -0.4 is 11.2 Å². The third kappa shape index (κ3) is 4.49. The number of hydrogen-bond acceptors (Lipinski definition) is 5. The summed E-state index contributed by atoms with van der Waals surface area (Å²) in [6.07, 6.45) is 4.42. The van der Waals surface area contributed by atoms with E-state index < -0.39 is 23.3 Å². The maximum absolute atomic E-state index is 13.5. The number of H-pyrrole nitrogens is 1. The Balaban J connectivity index is 2.13. The van der Waals surface area contributed by atoms with Gasteiger partial charge in [-0.15, -0.1) is 0 Å². The number of aliphatic hydroxyl groups excluding tert-OH is 1. The molecule has 8 heteroatoms. The predicted octanol–water partition coefficient (Wildman–Crippen LogP) is 0.532. The molecule has 0 amide bonds. The van der Waals surface area contributed by atoms with E-state index in [2.05, 4.69) is 0 Å². The molecule has 0 aromatic carbocycles. The number of rotatable bonds is 8. The third-order valence-corrected chi connectivity index (χ3v) is 3.63. The Morgan fingerprint density at radius 3 is 2.77 bits per heavy atom. The lowest BCUT2D eigenvalue weighted by Crippen LogP contribution is -2.36. The topological polar surface area (TPSA) is 93.6 Å². The second kappa shape index (κ2) is 8.21. The highest BCUT2D eigenvalue weighted by Crippen LogP contribution is 2.26. The summed E-state index contributed by atoms with van der Waals surface area (Å²) in [5.74, 6) is -1.03. The quantitative estimate of drug-likeness (QED) is 0.683. The van der Waals surface area contributed by atoms with Gasteiger partial charge in [-0.25, -0.2) is 4.79 Å². The average molecular weight is 316 g/mol. The van der Waals surface area contributed by atoms with Gasteiger partial charge in [-0.2, -0.15) is 4.39 Å². The van der Waals surface area contributed by atoms with Crippen LogP contribution in [-0.4, -0.2) is 40.6 Å². The fraction of sp³-hybridized carbons (Fsp3) is 0.714. The van der Waals surface area contributed by atoms with Gasteiger partial charge < -0.3 is 14.6 Å². The number of aliphatic hydroxyl groups is 1. The molecule has 2 rings (SSSR count). The zero-order chi connectivity index (χ0) is 15.9. The molecule has 1 saturated carbocycles. The number of nitrogens with zero attached hydrogens (tertiary/aromatic N) is 1. The summed E-state index contributed by atoms with van der Waals surface area (Å²) in [7, 11) is 0. The summed E-state index contributed by atoms with van der Waals surface area (Å²) >= 11 is 0. The number of halogens is 1. The molecule has 0 bridgehead atoms. The molecule has 0 spiro atoms. The van der Waals surface area contributed by atoms with Crippen LogP contribution in [0.1, 0.15) is 38.3 Å². The van der Waals surface area contributed by atoms with Crippen LogP contribution in [0.15, 0.2) is 15.8 Å². The minimum Gasteiger partial charge on any atom is -0.394 e. The van der Waals surface area contributed by atoms with E-state index in [4.69, 9.17) is 14.6 Å². The number of aromatic nitrogens is 2. The second-order valence-corrected chi connectivity index (χ2v) is 5.27. The van der Waals surface area contributed by atoms with Crippen molar-refractivity contribution in [1.29, 1.82) is 0 Å². The van der Waals surface area contributed by atoms with Gasteiger partial charge in [0.1, 0.15) is 6.23 Å². The number of aromatic amines is 1. The molecule has 1 heterocycles. The molecule has 7 nitrogen and oxygen atoms in total. The molecule has 22 heavy (non-hydrogen) atoms. The Hall–Kier alpha value is -1.51. The van der Waals surface area contributed by atoms with E-state index in [0.29, 0.717) is 6.42 Å². The minimum absolute atomic E-state index is 0.0183. The van der Waals surface area contributed by atoms with Crippen molar-refractivity contribution < 1.29 is 19.0 Å². The molecule has 0 saturated heterocycles. The summed E-state index contributed by atoms with van der Waals surface area (Å²) in [5, 5.41) is 8.69. The van der Waals surface area contributed by atoms with Crippen molar-refractivity contribution in [2.45, 2.75) is 44.4 Å². The molecule has 1 aromatic heterocycles. The summed E-state index contributed by atoms with van der Waals surface area (Å²) < 4.78 is 25.6. The Bertz CT molecular complexity index is 579. The van der Waals surface area contributed by atoms with Gasteiger partial charge >= 0.3 is 5.69 Å². The van der Waals surface area contributed by atoms with Crippen molar-refractivity contribution in [1.82, 2.24) is 9.55 Å². The summed E-state index contributed by atoms with van der Waals surface area (Å²) in [6.45, 7) is 0.345. The molecule has 2 N–H and O–H groups in total. The molecule has 124 valence electrons. The molecule has 0 radical (unpaired) electrons. The van der Waals surface area contributed by atoms with Crippen LogP contribution >= 0.6 is 0 Å². The standard InChI is InChI=1S/C14H21FN2O5/c15-11-9-17(14(20)16-13(11)19)12(5-7-21-8-6-18)22-10-3-1-2-4-10/h9-10,12,18H,1-8H2,(H,16,19,20). The van der Waals surface area contributed by atoms with Crippen LogP contribution in [0.5, 0.6) is 0 Å². The lowest BCUT2D eigenvalue weighted by atomic mass is 10.3. The van der Waals surface area contributed by atoms with E-state index in [1.54, 1.807) is 0 Å². The number of nitrogens with one attached hydrogen (secondary N) is 1. The minimum atomic E-state index is -1.04. The van der Waals surface area contributed by atoms with Crippen molar-refractivity contribution in [3.05, 3.63) is 32.9 Å². The van der Waals surface area contributed by atoms with E-state index in [-0.39, 0.29) is 25.9 Å². The zero-order valence-electron chi connectivity index (χ0n) is 12.3. The largest absolute Gasteiger partial charge is 0.394 e. The van der Waals surface area contributed by atoms with Crippen LogP contribution in [0.25, 0.3) is 0 Å². The van der Waals surface area contributed by atoms with Crippen molar-refractivity contribution in [3.8, 4) is 0 Å². The van der Waals surface area contributed by atoms with E-state index >= 15 is 0 Å². The summed E-state index contributed by atoms with van der Waals surface area (Å²) in [6, 6.07) is 0. The summed E-state index contributed by atoms with van der Waals surface area (Å²) in [5.41, 5.74) is -1.76. The molecule has 1 unspecified atom stereocenters. The smallest absolute Gasteiger partial charge is 0.330 e. The fourth-order valence-electron chi connectivity index (χ4n) is 2.54. The maximum atomic E-state index is 13.5. The zero-order valence-corrected chi connectivity index (χ0v) is 12.3. The van der Waals surface area contributed by atoms with E-state index in [0.717, 1.165) is 36.4 Å².